The summed E-state index contributed by atoms with van der Waals surface area (Å²) in [4.78, 5) is 0. The number of para-hydroxylation sites is 1. The fourth-order valence-electron chi connectivity index (χ4n) is 2.58. The Labute approximate surface area is 111 Å². The molecule has 1 aromatic carbocycles. The lowest BCUT2D eigenvalue weighted by molar-refractivity contribution is 0.183. The second kappa shape index (κ2) is 5.48. The van der Waals surface area contributed by atoms with E-state index in [0.717, 1.165) is 31.6 Å². The molecule has 0 spiro atoms. The lowest BCUT2D eigenvalue weighted by atomic mass is 9.91. The first kappa shape index (κ1) is 12.3. The van der Waals surface area contributed by atoms with E-state index in [4.69, 9.17) is 0 Å². The molecule has 100 valence electrons. The molecule has 5 heteroatoms. The van der Waals surface area contributed by atoms with Gasteiger partial charge in [0.05, 0.1) is 17.6 Å². The predicted octanol–water partition coefficient (Wildman–Crippen LogP) is 2.28. The van der Waals surface area contributed by atoms with Crippen LogP contribution in [0.1, 0.15) is 24.7 Å². The van der Waals surface area contributed by atoms with Gasteiger partial charge in [0.15, 0.2) is 0 Å². The molecule has 2 aromatic rings. The van der Waals surface area contributed by atoms with Gasteiger partial charge in [0.1, 0.15) is 6.17 Å². The van der Waals surface area contributed by atoms with Gasteiger partial charge in [-0.1, -0.05) is 23.4 Å². The highest BCUT2D eigenvalue weighted by atomic mass is 19.1. The van der Waals surface area contributed by atoms with Gasteiger partial charge in [0.25, 0.3) is 0 Å². The monoisotopic (exact) mass is 260 g/mol. The summed E-state index contributed by atoms with van der Waals surface area (Å²) in [5.74, 6) is 0.0576. The van der Waals surface area contributed by atoms with Crippen molar-refractivity contribution in [2.45, 2.75) is 19.0 Å². The molecule has 1 N–H and O–H groups in total. The minimum absolute atomic E-state index is 0.0576. The van der Waals surface area contributed by atoms with Crippen LogP contribution in [0.3, 0.4) is 0 Å². The summed E-state index contributed by atoms with van der Waals surface area (Å²) in [6.45, 7) is 1.77. The van der Waals surface area contributed by atoms with Gasteiger partial charge in [-0.25, -0.2) is 9.07 Å². The molecule has 0 saturated carbocycles. The average molecular weight is 260 g/mol. The molecule has 2 heterocycles. The molecule has 3 rings (SSSR count). The highest BCUT2D eigenvalue weighted by Crippen LogP contribution is 2.32. The SMILES string of the molecule is FC(c1cnnn1-c1ccccc1)C1CCNCC1. The summed E-state index contributed by atoms with van der Waals surface area (Å²) in [5, 5.41) is 11.1. The fraction of sp³-hybridized carbons (Fsp3) is 0.429. The summed E-state index contributed by atoms with van der Waals surface area (Å²) in [6, 6.07) is 9.58. The molecule has 1 aromatic heterocycles. The zero-order chi connectivity index (χ0) is 13.1. The maximum Gasteiger partial charge on any atom is 0.147 e. The van der Waals surface area contributed by atoms with E-state index in [2.05, 4.69) is 15.6 Å². The number of halogens is 1. The summed E-state index contributed by atoms with van der Waals surface area (Å²) in [5.41, 5.74) is 1.41. The van der Waals surface area contributed by atoms with Gasteiger partial charge in [-0.2, -0.15) is 0 Å². The van der Waals surface area contributed by atoms with Gasteiger partial charge in [0, 0.05) is 0 Å². The number of hydrogen-bond donors (Lipinski definition) is 1. The zero-order valence-corrected chi connectivity index (χ0v) is 10.7. The number of nitrogens with one attached hydrogen (secondary N) is 1. The molecule has 0 amide bonds. The van der Waals surface area contributed by atoms with E-state index in [0.29, 0.717) is 5.69 Å². The predicted molar refractivity (Wildman–Crippen MR) is 70.8 cm³/mol. The van der Waals surface area contributed by atoms with Crippen molar-refractivity contribution >= 4 is 0 Å². The van der Waals surface area contributed by atoms with Crippen molar-refractivity contribution in [1.29, 1.82) is 0 Å². The maximum atomic E-state index is 14.7. The topological polar surface area (TPSA) is 42.7 Å². The van der Waals surface area contributed by atoms with Crippen LogP contribution in [0.4, 0.5) is 4.39 Å². The number of hydrogen-bond acceptors (Lipinski definition) is 3. The van der Waals surface area contributed by atoms with Crippen LogP contribution in [0.5, 0.6) is 0 Å². The molecule has 0 bridgehead atoms. The van der Waals surface area contributed by atoms with Crippen LogP contribution in [0, 0.1) is 5.92 Å². The van der Waals surface area contributed by atoms with Gasteiger partial charge in [-0.05, 0) is 44.0 Å². The Morgan fingerprint density at radius 2 is 1.95 bits per heavy atom. The van der Waals surface area contributed by atoms with Crippen LogP contribution in [0.25, 0.3) is 5.69 Å². The zero-order valence-electron chi connectivity index (χ0n) is 10.7. The average Bonchev–Trinajstić information content (AvgIpc) is 2.98. The Balaban J connectivity index is 1.87. The third-order valence-corrected chi connectivity index (χ3v) is 3.66. The molecular formula is C14H17FN4. The van der Waals surface area contributed by atoms with E-state index in [1.54, 1.807) is 10.9 Å². The van der Waals surface area contributed by atoms with Gasteiger partial charge in [-0.15, -0.1) is 5.10 Å². The summed E-state index contributed by atoms with van der Waals surface area (Å²) < 4.78 is 16.3. The van der Waals surface area contributed by atoms with E-state index in [9.17, 15) is 4.39 Å². The molecule has 4 nitrogen and oxygen atoms in total. The molecule has 1 atom stereocenters. The Morgan fingerprint density at radius 3 is 2.68 bits per heavy atom. The van der Waals surface area contributed by atoms with Crippen molar-refractivity contribution in [2.24, 2.45) is 5.92 Å². The third-order valence-electron chi connectivity index (χ3n) is 3.66. The normalized spacial score (nSPS) is 18.4. The Morgan fingerprint density at radius 1 is 1.21 bits per heavy atom. The summed E-state index contributed by atoms with van der Waals surface area (Å²) in [6.07, 6.45) is 2.26. The number of piperidine rings is 1. The van der Waals surface area contributed by atoms with Crippen molar-refractivity contribution in [3.05, 3.63) is 42.2 Å². The van der Waals surface area contributed by atoms with Crippen molar-refractivity contribution in [1.82, 2.24) is 20.3 Å². The number of aromatic nitrogens is 3. The summed E-state index contributed by atoms with van der Waals surface area (Å²) in [7, 11) is 0. The molecule has 1 saturated heterocycles. The second-order valence-corrected chi connectivity index (χ2v) is 4.90. The van der Waals surface area contributed by atoms with Crippen molar-refractivity contribution in [3.8, 4) is 5.69 Å². The van der Waals surface area contributed by atoms with Crippen LogP contribution in [0.15, 0.2) is 36.5 Å². The van der Waals surface area contributed by atoms with E-state index < -0.39 is 6.17 Å². The number of alkyl halides is 1. The summed E-state index contributed by atoms with van der Waals surface area (Å²) >= 11 is 0. The van der Waals surface area contributed by atoms with Crippen molar-refractivity contribution < 1.29 is 4.39 Å². The van der Waals surface area contributed by atoms with Gasteiger partial charge < -0.3 is 5.32 Å². The van der Waals surface area contributed by atoms with Crippen LogP contribution < -0.4 is 5.32 Å². The number of nitrogens with zero attached hydrogens (tertiary/aromatic N) is 3. The molecule has 1 unspecified atom stereocenters. The minimum Gasteiger partial charge on any atom is -0.317 e. The highest BCUT2D eigenvalue weighted by molar-refractivity contribution is 5.32. The Bertz CT molecular complexity index is 519. The molecule has 1 aliphatic heterocycles. The van der Waals surface area contributed by atoms with Crippen molar-refractivity contribution in [3.63, 3.8) is 0 Å². The van der Waals surface area contributed by atoms with E-state index in [1.807, 2.05) is 30.3 Å². The van der Waals surface area contributed by atoms with Crippen LogP contribution in [0.2, 0.25) is 0 Å². The number of rotatable bonds is 3. The van der Waals surface area contributed by atoms with E-state index in [1.165, 1.54) is 0 Å². The first-order chi connectivity index (χ1) is 9.36. The van der Waals surface area contributed by atoms with Crippen molar-refractivity contribution in [2.75, 3.05) is 13.1 Å². The third kappa shape index (κ3) is 2.51. The maximum absolute atomic E-state index is 14.7. The lowest BCUT2D eigenvalue weighted by Gasteiger charge is -2.25. The second-order valence-electron chi connectivity index (χ2n) is 4.90. The van der Waals surface area contributed by atoms with E-state index in [-0.39, 0.29) is 5.92 Å². The standard InChI is InChI=1S/C14H17FN4/c15-14(11-6-8-16-9-7-11)13-10-17-18-19(13)12-4-2-1-3-5-12/h1-5,10-11,14,16H,6-9H2. The van der Waals surface area contributed by atoms with Crippen LogP contribution in [-0.2, 0) is 0 Å². The highest BCUT2D eigenvalue weighted by Gasteiger charge is 2.28. The minimum atomic E-state index is -1.00. The van der Waals surface area contributed by atoms with Crippen LogP contribution in [-0.4, -0.2) is 28.1 Å². The van der Waals surface area contributed by atoms with Crippen LogP contribution >= 0.6 is 0 Å². The quantitative estimate of drug-likeness (QED) is 0.920. The first-order valence-corrected chi connectivity index (χ1v) is 6.67. The smallest absolute Gasteiger partial charge is 0.147 e. The fourth-order valence-corrected chi connectivity index (χ4v) is 2.58. The molecule has 19 heavy (non-hydrogen) atoms. The first-order valence-electron chi connectivity index (χ1n) is 6.67. The molecular weight excluding hydrogens is 243 g/mol. The number of benzene rings is 1. The molecule has 0 radical (unpaired) electrons. The molecule has 0 aliphatic carbocycles. The van der Waals surface area contributed by atoms with Gasteiger partial charge in [0.2, 0.25) is 0 Å². The lowest BCUT2D eigenvalue weighted by Crippen LogP contribution is -2.30. The molecule has 1 fully saturated rings. The van der Waals surface area contributed by atoms with Gasteiger partial charge >= 0.3 is 0 Å². The molecule has 1 aliphatic rings. The largest absolute Gasteiger partial charge is 0.317 e. The van der Waals surface area contributed by atoms with E-state index >= 15 is 0 Å². The van der Waals surface area contributed by atoms with Gasteiger partial charge in [-0.3, -0.25) is 0 Å². The Kier molecular flexibility index (Phi) is 3.55. The Hall–Kier alpha value is -1.75.